The van der Waals surface area contributed by atoms with E-state index in [0.29, 0.717) is 11.4 Å². The minimum absolute atomic E-state index is 0.0218. The van der Waals surface area contributed by atoms with Gasteiger partial charge in [0.15, 0.2) is 0 Å². The van der Waals surface area contributed by atoms with E-state index in [-0.39, 0.29) is 17.9 Å². The molecule has 0 aliphatic carbocycles. The summed E-state index contributed by atoms with van der Waals surface area (Å²) in [5, 5.41) is 3.70. The zero-order valence-corrected chi connectivity index (χ0v) is 12.3. The van der Waals surface area contributed by atoms with Crippen LogP contribution in [0.25, 0.3) is 0 Å². The second-order valence-electron chi connectivity index (χ2n) is 5.15. The van der Waals surface area contributed by atoms with Gasteiger partial charge < -0.3 is 10.2 Å². The third-order valence-electron chi connectivity index (χ3n) is 3.58. The van der Waals surface area contributed by atoms with Crippen LogP contribution < -0.4 is 5.32 Å². The number of nitrogens with zero attached hydrogens (tertiary/aromatic N) is 1. The van der Waals surface area contributed by atoms with Crippen LogP contribution in [0.1, 0.15) is 25.3 Å². The highest BCUT2D eigenvalue weighted by Gasteiger charge is 2.21. The lowest BCUT2D eigenvalue weighted by molar-refractivity contribution is -0.130. The number of benzene rings is 1. The molecule has 0 saturated carbocycles. The van der Waals surface area contributed by atoms with E-state index >= 15 is 0 Å². The minimum atomic E-state index is 0.0218. The molecule has 0 spiro atoms. The van der Waals surface area contributed by atoms with Gasteiger partial charge in [0, 0.05) is 31.1 Å². The molecule has 2 rings (SSSR count). The highest BCUT2D eigenvalue weighted by Crippen LogP contribution is 2.12. The Bertz CT molecular complexity index is 479. The van der Waals surface area contributed by atoms with Gasteiger partial charge in [-0.1, -0.05) is 23.7 Å². The van der Waals surface area contributed by atoms with Crippen LogP contribution >= 0.6 is 11.6 Å². The molecular formula is C15H19ClN2O2. The summed E-state index contributed by atoms with van der Waals surface area (Å²) in [7, 11) is 0. The van der Waals surface area contributed by atoms with Gasteiger partial charge in [-0.25, -0.2) is 0 Å². The normalized spacial score (nSPS) is 16.0. The van der Waals surface area contributed by atoms with Crippen molar-refractivity contribution < 1.29 is 9.59 Å². The van der Waals surface area contributed by atoms with Gasteiger partial charge in [-0.05, 0) is 30.5 Å². The summed E-state index contributed by atoms with van der Waals surface area (Å²) in [4.78, 5) is 25.0. The number of carbonyl (C=O) groups is 2. The highest BCUT2D eigenvalue weighted by atomic mass is 35.5. The molecule has 4 nitrogen and oxygen atoms in total. The molecule has 20 heavy (non-hydrogen) atoms. The summed E-state index contributed by atoms with van der Waals surface area (Å²) in [5.41, 5.74) is 0.952. The van der Waals surface area contributed by atoms with Crippen molar-refractivity contribution in [2.24, 2.45) is 0 Å². The molecule has 1 aromatic rings. The Kier molecular flexibility index (Phi) is 5.01. The first-order valence-corrected chi connectivity index (χ1v) is 7.21. The van der Waals surface area contributed by atoms with E-state index in [1.165, 1.54) is 0 Å². The van der Waals surface area contributed by atoms with E-state index < -0.39 is 0 Å². The van der Waals surface area contributed by atoms with Crippen LogP contribution in [-0.4, -0.2) is 35.8 Å². The van der Waals surface area contributed by atoms with Crippen molar-refractivity contribution in [1.29, 1.82) is 0 Å². The molecule has 1 saturated heterocycles. The van der Waals surface area contributed by atoms with Gasteiger partial charge >= 0.3 is 0 Å². The van der Waals surface area contributed by atoms with Crippen LogP contribution in [-0.2, 0) is 16.0 Å². The molecule has 2 amide bonds. The van der Waals surface area contributed by atoms with Gasteiger partial charge in [0.25, 0.3) is 0 Å². The maximum absolute atomic E-state index is 12.0. The molecule has 108 valence electrons. The van der Waals surface area contributed by atoms with Gasteiger partial charge in [0.05, 0.1) is 6.42 Å². The van der Waals surface area contributed by atoms with E-state index in [1.54, 1.807) is 19.1 Å². The van der Waals surface area contributed by atoms with Crippen molar-refractivity contribution in [2.45, 2.75) is 32.2 Å². The molecule has 0 bridgehead atoms. The molecule has 0 atom stereocenters. The molecular weight excluding hydrogens is 276 g/mol. The second-order valence-corrected chi connectivity index (χ2v) is 5.59. The van der Waals surface area contributed by atoms with Crippen molar-refractivity contribution in [3.63, 3.8) is 0 Å². The van der Waals surface area contributed by atoms with Crippen molar-refractivity contribution >= 4 is 23.4 Å². The Labute approximate surface area is 124 Å². The number of halogens is 1. The lowest BCUT2D eigenvalue weighted by Crippen LogP contribution is -2.46. The van der Waals surface area contributed by atoms with Crippen molar-refractivity contribution in [1.82, 2.24) is 10.2 Å². The van der Waals surface area contributed by atoms with Gasteiger partial charge in [-0.15, -0.1) is 0 Å². The van der Waals surface area contributed by atoms with E-state index in [1.807, 2.05) is 17.0 Å². The third kappa shape index (κ3) is 4.23. The molecule has 0 unspecified atom stereocenters. The Hall–Kier alpha value is -1.55. The number of carbonyl (C=O) groups excluding carboxylic acids is 2. The van der Waals surface area contributed by atoms with E-state index in [0.717, 1.165) is 31.5 Å². The minimum Gasteiger partial charge on any atom is -0.353 e. The average Bonchev–Trinajstić information content (AvgIpc) is 2.42. The number of nitrogens with one attached hydrogen (secondary N) is 1. The SMILES string of the molecule is CC(=O)N1CCC(NC(=O)Cc2ccc(Cl)cc2)CC1. The fourth-order valence-corrected chi connectivity index (χ4v) is 2.53. The molecule has 0 aromatic heterocycles. The van der Waals surface area contributed by atoms with Gasteiger partial charge in [0.1, 0.15) is 0 Å². The predicted molar refractivity (Wildman–Crippen MR) is 78.6 cm³/mol. The summed E-state index contributed by atoms with van der Waals surface area (Å²) in [6.45, 7) is 3.03. The van der Waals surface area contributed by atoms with Crippen LogP contribution in [0, 0.1) is 0 Å². The van der Waals surface area contributed by atoms with Crippen LogP contribution in [0.3, 0.4) is 0 Å². The quantitative estimate of drug-likeness (QED) is 0.927. The van der Waals surface area contributed by atoms with Crippen LogP contribution in [0.15, 0.2) is 24.3 Å². The maximum Gasteiger partial charge on any atom is 0.224 e. The summed E-state index contributed by atoms with van der Waals surface area (Å²) < 4.78 is 0. The first-order chi connectivity index (χ1) is 9.54. The topological polar surface area (TPSA) is 49.4 Å². The molecule has 1 heterocycles. The highest BCUT2D eigenvalue weighted by molar-refractivity contribution is 6.30. The Morgan fingerprint density at radius 2 is 1.85 bits per heavy atom. The summed E-state index contributed by atoms with van der Waals surface area (Å²) in [6.07, 6.45) is 2.02. The first-order valence-electron chi connectivity index (χ1n) is 6.84. The monoisotopic (exact) mass is 294 g/mol. The maximum atomic E-state index is 12.0. The summed E-state index contributed by atoms with van der Waals surface area (Å²) in [5.74, 6) is 0.129. The lowest BCUT2D eigenvalue weighted by atomic mass is 10.0. The van der Waals surface area contributed by atoms with E-state index in [4.69, 9.17) is 11.6 Å². The van der Waals surface area contributed by atoms with Crippen LogP contribution in [0.5, 0.6) is 0 Å². The fraction of sp³-hybridized carbons (Fsp3) is 0.467. The van der Waals surface area contributed by atoms with Crippen molar-refractivity contribution in [3.05, 3.63) is 34.9 Å². The van der Waals surface area contributed by atoms with E-state index in [2.05, 4.69) is 5.32 Å². The Balaban J connectivity index is 1.78. The molecule has 1 aliphatic rings. The van der Waals surface area contributed by atoms with Crippen molar-refractivity contribution in [2.75, 3.05) is 13.1 Å². The predicted octanol–water partition coefficient (Wildman–Crippen LogP) is 2.01. The Morgan fingerprint density at radius 3 is 2.40 bits per heavy atom. The molecule has 1 aliphatic heterocycles. The number of likely N-dealkylation sites (tertiary alicyclic amines) is 1. The van der Waals surface area contributed by atoms with E-state index in [9.17, 15) is 9.59 Å². The fourth-order valence-electron chi connectivity index (χ4n) is 2.41. The molecule has 0 radical (unpaired) electrons. The number of rotatable bonds is 3. The third-order valence-corrected chi connectivity index (χ3v) is 3.84. The van der Waals surface area contributed by atoms with Crippen molar-refractivity contribution in [3.8, 4) is 0 Å². The van der Waals surface area contributed by atoms with Crippen LogP contribution in [0.2, 0.25) is 5.02 Å². The first kappa shape index (κ1) is 14.9. The zero-order valence-electron chi connectivity index (χ0n) is 11.6. The Morgan fingerprint density at radius 1 is 1.25 bits per heavy atom. The summed E-state index contributed by atoms with van der Waals surface area (Å²) in [6, 6.07) is 7.47. The molecule has 1 N–H and O–H groups in total. The number of piperidine rings is 1. The second kappa shape index (κ2) is 6.75. The number of amides is 2. The lowest BCUT2D eigenvalue weighted by Gasteiger charge is -2.31. The standard InChI is InChI=1S/C15H19ClN2O2/c1-11(19)18-8-6-14(7-9-18)17-15(20)10-12-2-4-13(16)5-3-12/h2-5,14H,6-10H2,1H3,(H,17,20). The molecule has 1 fully saturated rings. The summed E-state index contributed by atoms with van der Waals surface area (Å²) >= 11 is 5.81. The molecule has 5 heteroatoms. The van der Waals surface area contributed by atoms with Crippen LogP contribution in [0.4, 0.5) is 0 Å². The number of hydrogen-bond acceptors (Lipinski definition) is 2. The van der Waals surface area contributed by atoms with Gasteiger partial charge in [0.2, 0.25) is 11.8 Å². The van der Waals surface area contributed by atoms with Gasteiger partial charge in [-0.2, -0.15) is 0 Å². The zero-order chi connectivity index (χ0) is 14.5. The van der Waals surface area contributed by atoms with Gasteiger partial charge in [-0.3, -0.25) is 9.59 Å². The number of hydrogen-bond donors (Lipinski definition) is 1. The smallest absolute Gasteiger partial charge is 0.224 e. The largest absolute Gasteiger partial charge is 0.353 e. The average molecular weight is 295 g/mol. The molecule has 1 aromatic carbocycles.